The molecular formula is C22H31ClN4O2S. The normalized spacial score (nSPS) is 11.9. The van der Waals surface area contributed by atoms with Gasteiger partial charge in [-0.25, -0.2) is 0 Å². The molecule has 0 aliphatic carbocycles. The molecule has 0 aliphatic rings. The van der Waals surface area contributed by atoms with Gasteiger partial charge in [-0.15, -0.1) is 10.2 Å². The molecule has 30 heavy (non-hydrogen) atoms. The predicted molar refractivity (Wildman–Crippen MR) is 124 cm³/mol. The van der Waals surface area contributed by atoms with Gasteiger partial charge in [-0.05, 0) is 31.9 Å². The second kappa shape index (κ2) is 12.6. The van der Waals surface area contributed by atoms with E-state index in [-0.39, 0.29) is 24.3 Å². The summed E-state index contributed by atoms with van der Waals surface area (Å²) < 4.78 is 0. The average molecular weight is 451 g/mol. The Morgan fingerprint density at radius 3 is 2.50 bits per heavy atom. The minimum absolute atomic E-state index is 0.120. The van der Waals surface area contributed by atoms with Crippen LogP contribution in [0.1, 0.15) is 65.7 Å². The van der Waals surface area contributed by atoms with E-state index in [0.29, 0.717) is 28.1 Å². The lowest BCUT2D eigenvalue weighted by molar-refractivity contribution is -0.133. The molecule has 2 aromatic rings. The van der Waals surface area contributed by atoms with Crippen LogP contribution in [0.4, 0.5) is 5.13 Å². The molecule has 0 unspecified atom stereocenters. The zero-order chi connectivity index (χ0) is 21.9. The Hall–Kier alpha value is -1.99. The number of aromatic nitrogens is 2. The lowest BCUT2D eigenvalue weighted by atomic mass is 10.1. The molecule has 2 amide bonds. The number of rotatable bonds is 12. The van der Waals surface area contributed by atoms with Gasteiger partial charge in [-0.1, -0.05) is 68.2 Å². The predicted octanol–water partition coefficient (Wildman–Crippen LogP) is 5.78. The number of carbonyl (C=O) groups excluding carboxylic acids is 2. The Labute approximate surface area is 188 Å². The van der Waals surface area contributed by atoms with Crippen molar-refractivity contribution in [3.63, 3.8) is 0 Å². The number of unbranched alkanes of at least 4 members (excludes halogenated alkanes) is 3. The topological polar surface area (TPSA) is 75.2 Å². The summed E-state index contributed by atoms with van der Waals surface area (Å²) in [5, 5.41) is 12.8. The summed E-state index contributed by atoms with van der Waals surface area (Å²) in [6.45, 7) is 6.66. The van der Waals surface area contributed by atoms with E-state index in [4.69, 9.17) is 11.6 Å². The summed E-state index contributed by atoms with van der Waals surface area (Å²) in [6.07, 6.45) is 5.93. The number of halogens is 1. The van der Waals surface area contributed by atoms with Crippen molar-refractivity contribution in [1.29, 1.82) is 0 Å². The molecule has 1 aromatic heterocycles. The highest BCUT2D eigenvalue weighted by Crippen LogP contribution is 2.27. The van der Waals surface area contributed by atoms with E-state index >= 15 is 0 Å². The number of anilines is 1. The highest BCUT2D eigenvalue weighted by atomic mass is 35.5. The van der Waals surface area contributed by atoms with Gasteiger partial charge in [0.25, 0.3) is 0 Å². The van der Waals surface area contributed by atoms with Gasteiger partial charge >= 0.3 is 0 Å². The fraction of sp³-hybridized carbons (Fsp3) is 0.545. The third-order valence-corrected chi connectivity index (χ3v) is 6.17. The van der Waals surface area contributed by atoms with Crippen LogP contribution in [0, 0.1) is 0 Å². The highest BCUT2D eigenvalue weighted by molar-refractivity contribution is 7.18. The van der Waals surface area contributed by atoms with E-state index in [9.17, 15) is 9.59 Å². The summed E-state index contributed by atoms with van der Waals surface area (Å²) >= 11 is 7.22. The van der Waals surface area contributed by atoms with E-state index in [1.54, 1.807) is 12.1 Å². The molecule has 0 aliphatic heterocycles. The van der Waals surface area contributed by atoms with Crippen LogP contribution in [-0.2, 0) is 9.59 Å². The van der Waals surface area contributed by atoms with Crippen molar-refractivity contribution >= 4 is 39.9 Å². The smallest absolute Gasteiger partial charge is 0.227 e. The number of nitrogens with zero attached hydrogens (tertiary/aromatic N) is 3. The van der Waals surface area contributed by atoms with E-state index in [1.807, 2.05) is 24.0 Å². The van der Waals surface area contributed by atoms with E-state index in [1.165, 1.54) is 11.3 Å². The van der Waals surface area contributed by atoms with Gasteiger partial charge in [0.15, 0.2) is 0 Å². The Morgan fingerprint density at radius 1 is 1.10 bits per heavy atom. The van der Waals surface area contributed by atoms with Gasteiger partial charge in [-0.3, -0.25) is 9.59 Å². The van der Waals surface area contributed by atoms with Gasteiger partial charge in [0.1, 0.15) is 5.01 Å². The van der Waals surface area contributed by atoms with Crippen molar-refractivity contribution in [3.05, 3.63) is 29.3 Å². The van der Waals surface area contributed by atoms with Gasteiger partial charge in [0, 0.05) is 36.0 Å². The number of carbonyl (C=O) groups is 2. The molecule has 8 heteroatoms. The Morgan fingerprint density at radius 2 is 1.83 bits per heavy atom. The summed E-state index contributed by atoms with van der Waals surface area (Å²) in [5.41, 5.74) is 0.897. The quantitative estimate of drug-likeness (QED) is 0.415. The highest BCUT2D eigenvalue weighted by Gasteiger charge is 2.20. The third kappa shape index (κ3) is 7.69. The summed E-state index contributed by atoms with van der Waals surface area (Å²) in [7, 11) is 0. The lowest BCUT2D eigenvalue weighted by Gasteiger charge is -2.28. The molecule has 1 atom stereocenters. The number of benzene rings is 1. The SMILES string of the molecule is CCCCCCC(=O)N(CCC(=O)Nc1nnc(-c2ccc(Cl)cc2)s1)[C@H](C)CC. The lowest BCUT2D eigenvalue weighted by Crippen LogP contribution is -2.40. The van der Waals surface area contributed by atoms with Gasteiger partial charge in [0.2, 0.25) is 16.9 Å². The van der Waals surface area contributed by atoms with Crippen molar-refractivity contribution in [2.45, 2.75) is 71.8 Å². The van der Waals surface area contributed by atoms with Gasteiger partial charge in [-0.2, -0.15) is 0 Å². The van der Waals surface area contributed by atoms with Crippen molar-refractivity contribution < 1.29 is 9.59 Å². The van der Waals surface area contributed by atoms with Gasteiger partial charge < -0.3 is 10.2 Å². The first-order valence-electron chi connectivity index (χ1n) is 10.6. The first kappa shape index (κ1) is 24.3. The first-order valence-corrected chi connectivity index (χ1v) is 11.8. The minimum Gasteiger partial charge on any atom is -0.339 e. The van der Waals surface area contributed by atoms with Crippen LogP contribution >= 0.6 is 22.9 Å². The standard InChI is InChI=1S/C22H31ClN4O2S/c1-4-6-7-8-9-20(29)27(16(3)5-2)15-14-19(28)24-22-26-25-21(30-22)17-10-12-18(23)13-11-17/h10-13,16H,4-9,14-15H2,1-3H3,(H,24,26,28)/t16-/m1/s1. The van der Waals surface area contributed by atoms with E-state index in [0.717, 1.165) is 37.7 Å². The Kier molecular flexibility index (Phi) is 10.2. The fourth-order valence-corrected chi connectivity index (χ4v) is 3.94. The molecule has 0 saturated carbocycles. The van der Waals surface area contributed by atoms with Crippen molar-refractivity contribution in [2.24, 2.45) is 0 Å². The molecule has 0 bridgehead atoms. The zero-order valence-electron chi connectivity index (χ0n) is 18.0. The molecular weight excluding hydrogens is 420 g/mol. The second-order valence-electron chi connectivity index (χ2n) is 7.37. The third-order valence-electron chi connectivity index (χ3n) is 5.03. The summed E-state index contributed by atoms with van der Waals surface area (Å²) in [4.78, 5) is 26.9. The first-order chi connectivity index (χ1) is 14.4. The number of hydrogen-bond acceptors (Lipinski definition) is 5. The van der Waals surface area contributed by atoms with Gasteiger partial charge in [0.05, 0.1) is 0 Å². The molecule has 0 spiro atoms. The number of nitrogens with one attached hydrogen (secondary N) is 1. The minimum atomic E-state index is -0.166. The Balaban J connectivity index is 1.87. The van der Waals surface area contributed by atoms with Crippen LogP contribution in [0.5, 0.6) is 0 Å². The zero-order valence-corrected chi connectivity index (χ0v) is 19.6. The number of amides is 2. The van der Waals surface area contributed by atoms with Crippen LogP contribution in [0.2, 0.25) is 5.02 Å². The van der Waals surface area contributed by atoms with Crippen LogP contribution in [0.25, 0.3) is 10.6 Å². The monoisotopic (exact) mass is 450 g/mol. The molecule has 1 heterocycles. The molecule has 0 radical (unpaired) electrons. The van der Waals surface area contributed by atoms with Crippen LogP contribution in [-0.4, -0.2) is 39.5 Å². The molecule has 0 fully saturated rings. The van der Waals surface area contributed by atoms with Crippen molar-refractivity contribution in [3.8, 4) is 10.6 Å². The molecule has 6 nitrogen and oxygen atoms in total. The van der Waals surface area contributed by atoms with Crippen LogP contribution in [0.3, 0.4) is 0 Å². The summed E-state index contributed by atoms with van der Waals surface area (Å²) in [6, 6.07) is 7.43. The summed E-state index contributed by atoms with van der Waals surface area (Å²) in [5.74, 6) is -0.0323. The molecule has 1 N–H and O–H groups in total. The Bertz CT molecular complexity index is 810. The van der Waals surface area contributed by atoms with Crippen molar-refractivity contribution in [2.75, 3.05) is 11.9 Å². The second-order valence-corrected chi connectivity index (χ2v) is 8.79. The largest absolute Gasteiger partial charge is 0.339 e. The molecule has 0 saturated heterocycles. The van der Waals surface area contributed by atoms with Crippen LogP contribution in [0.15, 0.2) is 24.3 Å². The molecule has 2 rings (SSSR count). The average Bonchev–Trinajstić information content (AvgIpc) is 3.20. The van der Waals surface area contributed by atoms with Crippen LogP contribution < -0.4 is 5.32 Å². The maximum atomic E-state index is 12.6. The maximum absolute atomic E-state index is 12.6. The van der Waals surface area contributed by atoms with E-state index in [2.05, 4.69) is 29.4 Å². The molecule has 164 valence electrons. The van der Waals surface area contributed by atoms with Crippen molar-refractivity contribution in [1.82, 2.24) is 15.1 Å². The van der Waals surface area contributed by atoms with E-state index < -0.39 is 0 Å². The fourth-order valence-electron chi connectivity index (χ4n) is 3.04. The number of hydrogen-bond donors (Lipinski definition) is 1. The molecule has 1 aromatic carbocycles. The maximum Gasteiger partial charge on any atom is 0.227 e.